The number of nitrogens with one attached hydrogen (secondary N) is 1. The molecule has 4 nitrogen and oxygen atoms in total. The predicted octanol–water partition coefficient (Wildman–Crippen LogP) is 3.29. The lowest BCUT2D eigenvalue weighted by molar-refractivity contribution is 0.328. The Morgan fingerprint density at radius 3 is 2.75 bits per heavy atom. The summed E-state index contributed by atoms with van der Waals surface area (Å²) in [6.45, 7) is 9.38. The van der Waals surface area contributed by atoms with E-state index in [1.807, 2.05) is 12.4 Å². The van der Waals surface area contributed by atoms with Gasteiger partial charge in [0.15, 0.2) is 0 Å². The molecule has 1 N–H and O–H groups in total. The molecule has 0 radical (unpaired) electrons. The van der Waals surface area contributed by atoms with Crippen LogP contribution in [0.15, 0.2) is 12.4 Å². The Bertz CT molecular complexity index is 430. The molecule has 0 aromatic carbocycles. The van der Waals surface area contributed by atoms with E-state index < -0.39 is 0 Å². The van der Waals surface area contributed by atoms with Crippen molar-refractivity contribution in [2.75, 3.05) is 0 Å². The van der Waals surface area contributed by atoms with Crippen molar-refractivity contribution < 1.29 is 0 Å². The highest BCUT2D eigenvalue weighted by molar-refractivity contribution is 5.07. The van der Waals surface area contributed by atoms with Gasteiger partial charge in [0.2, 0.25) is 0 Å². The van der Waals surface area contributed by atoms with Crippen LogP contribution in [0.25, 0.3) is 0 Å². The van der Waals surface area contributed by atoms with Gasteiger partial charge in [-0.1, -0.05) is 13.8 Å². The van der Waals surface area contributed by atoms with Crippen LogP contribution in [0.4, 0.5) is 0 Å². The second-order valence-corrected chi connectivity index (χ2v) is 5.74. The minimum absolute atomic E-state index is 0.332. The second kappa shape index (κ2) is 8.06. The van der Waals surface area contributed by atoms with Crippen molar-refractivity contribution in [1.29, 1.82) is 5.26 Å². The molecular formula is C16H28N4. The molecule has 0 saturated heterocycles. The molecule has 112 valence electrons. The van der Waals surface area contributed by atoms with Crippen LogP contribution in [-0.2, 0) is 13.0 Å². The number of imidazole rings is 1. The zero-order valence-electron chi connectivity index (χ0n) is 13.3. The van der Waals surface area contributed by atoms with Crippen molar-refractivity contribution in [2.45, 2.75) is 77.9 Å². The van der Waals surface area contributed by atoms with Crippen LogP contribution in [0.3, 0.4) is 0 Å². The van der Waals surface area contributed by atoms with Crippen LogP contribution in [-0.4, -0.2) is 21.1 Å². The topological polar surface area (TPSA) is 53.6 Å². The van der Waals surface area contributed by atoms with Crippen LogP contribution in [0.5, 0.6) is 0 Å². The Morgan fingerprint density at radius 1 is 1.45 bits per heavy atom. The normalized spacial score (nSPS) is 14.2. The number of nitriles is 1. The summed E-state index contributed by atoms with van der Waals surface area (Å²) in [7, 11) is 0. The lowest BCUT2D eigenvalue weighted by Gasteiger charge is -2.29. The highest BCUT2D eigenvalue weighted by Crippen LogP contribution is 2.18. The Hall–Kier alpha value is -1.34. The van der Waals surface area contributed by atoms with Gasteiger partial charge in [0.25, 0.3) is 0 Å². The van der Waals surface area contributed by atoms with E-state index in [9.17, 15) is 5.26 Å². The van der Waals surface area contributed by atoms with Gasteiger partial charge in [-0.05, 0) is 39.5 Å². The maximum Gasteiger partial charge on any atom is 0.108 e. The molecule has 0 amide bonds. The zero-order valence-corrected chi connectivity index (χ0v) is 13.3. The summed E-state index contributed by atoms with van der Waals surface area (Å²) in [5.41, 5.74) is -0.389. The quantitative estimate of drug-likeness (QED) is 0.753. The Kier molecular flexibility index (Phi) is 6.74. The second-order valence-electron chi connectivity index (χ2n) is 5.74. The standard InChI is InChI=1S/C16H28N4/c1-5-8-15-18-10-12-20(15)11-7-9-16(6-2,13-17)19-14(3)4/h10,12,14,19H,5-9,11H2,1-4H3. The van der Waals surface area contributed by atoms with Crippen molar-refractivity contribution in [3.8, 4) is 6.07 Å². The fourth-order valence-electron chi connectivity index (χ4n) is 2.62. The number of nitrogens with zero attached hydrogens (tertiary/aromatic N) is 3. The van der Waals surface area contributed by atoms with Crippen LogP contribution in [0.2, 0.25) is 0 Å². The first-order valence-electron chi connectivity index (χ1n) is 7.76. The van der Waals surface area contributed by atoms with E-state index in [4.69, 9.17) is 0 Å². The van der Waals surface area contributed by atoms with E-state index in [0.717, 1.165) is 44.5 Å². The SMILES string of the molecule is CCCc1nccn1CCCC(C#N)(CC)NC(C)C. The number of aryl methyl sites for hydroxylation is 2. The van der Waals surface area contributed by atoms with Gasteiger partial charge >= 0.3 is 0 Å². The third-order valence-electron chi connectivity index (χ3n) is 3.66. The molecule has 1 atom stereocenters. The molecule has 0 spiro atoms. The van der Waals surface area contributed by atoms with E-state index in [2.05, 4.69) is 48.6 Å². The lowest BCUT2D eigenvalue weighted by atomic mass is 9.91. The number of hydrogen-bond donors (Lipinski definition) is 1. The summed E-state index contributed by atoms with van der Waals surface area (Å²) < 4.78 is 2.22. The van der Waals surface area contributed by atoms with Crippen LogP contribution >= 0.6 is 0 Å². The molecule has 1 heterocycles. The monoisotopic (exact) mass is 276 g/mol. The van der Waals surface area contributed by atoms with Crippen LogP contribution in [0, 0.1) is 11.3 Å². The first-order valence-corrected chi connectivity index (χ1v) is 7.76. The average Bonchev–Trinajstić information content (AvgIpc) is 2.85. The van der Waals surface area contributed by atoms with Gasteiger partial charge in [0, 0.05) is 31.4 Å². The molecule has 4 heteroatoms. The molecule has 0 saturated carbocycles. The lowest BCUT2D eigenvalue weighted by Crippen LogP contribution is -2.47. The fourth-order valence-corrected chi connectivity index (χ4v) is 2.62. The van der Waals surface area contributed by atoms with E-state index in [1.165, 1.54) is 0 Å². The summed E-state index contributed by atoms with van der Waals surface area (Å²) in [6, 6.07) is 2.81. The molecule has 1 unspecified atom stereocenters. The largest absolute Gasteiger partial charge is 0.335 e. The minimum Gasteiger partial charge on any atom is -0.335 e. The summed E-state index contributed by atoms with van der Waals surface area (Å²) in [6.07, 6.45) is 8.76. The van der Waals surface area contributed by atoms with Crippen LogP contribution < -0.4 is 5.32 Å². The Balaban J connectivity index is 2.56. The van der Waals surface area contributed by atoms with Crippen molar-refractivity contribution in [3.63, 3.8) is 0 Å². The third-order valence-corrected chi connectivity index (χ3v) is 3.66. The molecule has 0 aliphatic rings. The van der Waals surface area contributed by atoms with Gasteiger partial charge in [-0.3, -0.25) is 5.32 Å². The van der Waals surface area contributed by atoms with Gasteiger partial charge in [0.05, 0.1) is 6.07 Å². The smallest absolute Gasteiger partial charge is 0.108 e. The summed E-state index contributed by atoms with van der Waals surface area (Å²) >= 11 is 0. The number of aromatic nitrogens is 2. The molecular weight excluding hydrogens is 248 g/mol. The molecule has 0 aliphatic heterocycles. The fraction of sp³-hybridized carbons (Fsp3) is 0.750. The zero-order chi connectivity index (χ0) is 15.0. The van der Waals surface area contributed by atoms with Gasteiger partial charge in [0.1, 0.15) is 11.4 Å². The molecule has 0 bridgehead atoms. The molecule has 0 aliphatic carbocycles. The molecule has 1 aromatic heterocycles. The van der Waals surface area contributed by atoms with Crippen LogP contribution in [0.1, 0.15) is 59.2 Å². The third kappa shape index (κ3) is 4.64. The average molecular weight is 276 g/mol. The van der Waals surface area contributed by atoms with Gasteiger partial charge < -0.3 is 4.57 Å². The Morgan fingerprint density at radius 2 is 2.20 bits per heavy atom. The summed E-state index contributed by atoms with van der Waals surface area (Å²) in [5, 5.41) is 12.9. The molecule has 20 heavy (non-hydrogen) atoms. The number of hydrogen-bond acceptors (Lipinski definition) is 3. The van der Waals surface area contributed by atoms with Gasteiger partial charge in [-0.25, -0.2) is 4.98 Å². The summed E-state index contributed by atoms with van der Waals surface area (Å²) in [5.74, 6) is 1.16. The predicted molar refractivity (Wildman–Crippen MR) is 82.4 cm³/mol. The van der Waals surface area contributed by atoms with E-state index >= 15 is 0 Å². The van der Waals surface area contributed by atoms with E-state index in [1.54, 1.807) is 0 Å². The van der Waals surface area contributed by atoms with Crippen molar-refractivity contribution in [3.05, 3.63) is 18.2 Å². The van der Waals surface area contributed by atoms with Gasteiger partial charge in [-0.15, -0.1) is 0 Å². The first kappa shape index (κ1) is 16.7. The first-order chi connectivity index (χ1) is 9.56. The molecule has 0 fully saturated rings. The number of rotatable bonds is 9. The van der Waals surface area contributed by atoms with Gasteiger partial charge in [-0.2, -0.15) is 5.26 Å². The highest BCUT2D eigenvalue weighted by atomic mass is 15.1. The minimum atomic E-state index is -0.389. The molecule has 1 rings (SSSR count). The van der Waals surface area contributed by atoms with Crippen molar-refractivity contribution in [1.82, 2.24) is 14.9 Å². The maximum atomic E-state index is 9.49. The highest BCUT2D eigenvalue weighted by Gasteiger charge is 2.27. The summed E-state index contributed by atoms with van der Waals surface area (Å²) in [4.78, 5) is 4.39. The van der Waals surface area contributed by atoms with Crippen molar-refractivity contribution >= 4 is 0 Å². The maximum absolute atomic E-state index is 9.49. The van der Waals surface area contributed by atoms with Crippen molar-refractivity contribution in [2.24, 2.45) is 0 Å². The Labute approximate surface area is 123 Å². The van der Waals surface area contributed by atoms with E-state index in [-0.39, 0.29) is 5.54 Å². The molecule has 1 aromatic rings. The van der Waals surface area contributed by atoms with E-state index in [0.29, 0.717) is 6.04 Å².